The SMILES string of the molecule is CCC[Si](OC)(OC)OC(C)(C)C. The molecule has 0 aliphatic carbocycles. The van der Waals surface area contributed by atoms with Crippen molar-refractivity contribution in [3.63, 3.8) is 0 Å². The minimum Gasteiger partial charge on any atom is -0.377 e. The summed E-state index contributed by atoms with van der Waals surface area (Å²) in [5.74, 6) is 0. The Balaban J connectivity index is 4.38. The average molecular weight is 206 g/mol. The van der Waals surface area contributed by atoms with Gasteiger partial charge in [-0.3, -0.25) is 0 Å². The molecular weight excluding hydrogens is 184 g/mol. The van der Waals surface area contributed by atoms with Crippen LogP contribution in [0.2, 0.25) is 6.04 Å². The molecule has 0 aromatic heterocycles. The highest BCUT2D eigenvalue weighted by molar-refractivity contribution is 6.60. The summed E-state index contributed by atoms with van der Waals surface area (Å²) < 4.78 is 16.7. The molecule has 3 nitrogen and oxygen atoms in total. The third kappa shape index (κ3) is 4.76. The third-order valence-corrected chi connectivity index (χ3v) is 4.92. The molecule has 0 aromatic rings. The summed E-state index contributed by atoms with van der Waals surface area (Å²) >= 11 is 0. The Morgan fingerprint density at radius 1 is 1.08 bits per heavy atom. The number of hydrogen-bond donors (Lipinski definition) is 0. The first-order chi connectivity index (χ1) is 5.89. The van der Waals surface area contributed by atoms with Crippen LogP contribution in [0.5, 0.6) is 0 Å². The zero-order chi connectivity index (χ0) is 10.5. The molecule has 13 heavy (non-hydrogen) atoms. The van der Waals surface area contributed by atoms with Gasteiger partial charge in [0.2, 0.25) is 0 Å². The molecule has 0 saturated carbocycles. The second-order valence-electron chi connectivity index (χ2n) is 4.06. The van der Waals surface area contributed by atoms with Crippen LogP contribution >= 0.6 is 0 Å². The normalized spacial score (nSPS) is 13.4. The summed E-state index contributed by atoms with van der Waals surface area (Å²) in [6.45, 7) is 8.15. The maximum absolute atomic E-state index is 5.86. The first-order valence-corrected chi connectivity index (χ1v) is 6.63. The Morgan fingerprint density at radius 2 is 1.54 bits per heavy atom. The van der Waals surface area contributed by atoms with Crippen molar-refractivity contribution in [1.82, 2.24) is 0 Å². The molecule has 80 valence electrons. The smallest absolute Gasteiger partial charge is 0.377 e. The molecule has 0 atom stereocenters. The lowest BCUT2D eigenvalue weighted by atomic mass is 10.2. The van der Waals surface area contributed by atoms with Crippen molar-refractivity contribution in [3.05, 3.63) is 0 Å². The van der Waals surface area contributed by atoms with Crippen molar-refractivity contribution < 1.29 is 13.3 Å². The van der Waals surface area contributed by atoms with Gasteiger partial charge in [-0.1, -0.05) is 13.3 Å². The topological polar surface area (TPSA) is 27.7 Å². The Morgan fingerprint density at radius 3 is 1.77 bits per heavy atom. The van der Waals surface area contributed by atoms with Crippen molar-refractivity contribution in [2.45, 2.75) is 45.8 Å². The van der Waals surface area contributed by atoms with E-state index in [9.17, 15) is 0 Å². The van der Waals surface area contributed by atoms with Crippen LogP contribution in [-0.4, -0.2) is 28.6 Å². The Hall–Kier alpha value is 0.0969. The van der Waals surface area contributed by atoms with Crippen LogP contribution in [0.1, 0.15) is 34.1 Å². The predicted octanol–water partition coefficient (Wildman–Crippen LogP) is 2.44. The quantitative estimate of drug-likeness (QED) is 0.647. The lowest BCUT2D eigenvalue weighted by Gasteiger charge is -2.33. The predicted molar refractivity (Wildman–Crippen MR) is 55.7 cm³/mol. The molecule has 4 heteroatoms. The Kier molecular flexibility index (Phi) is 5.13. The zero-order valence-electron chi connectivity index (χ0n) is 9.64. The van der Waals surface area contributed by atoms with E-state index in [2.05, 4.69) is 6.92 Å². The molecule has 0 rings (SSSR count). The highest BCUT2D eigenvalue weighted by atomic mass is 28.4. The Labute approximate surface area is 82.8 Å². The van der Waals surface area contributed by atoms with Gasteiger partial charge in [-0.2, -0.15) is 0 Å². The number of hydrogen-bond acceptors (Lipinski definition) is 3. The van der Waals surface area contributed by atoms with Crippen molar-refractivity contribution in [2.24, 2.45) is 0 Å². The van der Waals surface area contributed by atoms with E-state index < -0.39 is 8.80 Å². The second-order valence-corrected chi connectivity index (χ2v) is 6.94. The highest BCUT2D eigenvalue weighted by Gasteiger charge is 2.41. The highest BCUT2D eigenvalue weighted by Crippen LogP contribution is 2.22. The summed E-state index contributed by atoms with van der Waals surface area (Å²) in [6.07, 6.45) is 1.02. The molecule has 0 N–H and O–H groups in total. The van der Waals surface area contributed by atoms with E-state index in [1.54, 1.807) is 14.2 Å². The fraction of sp³-hybridized carbons (Fsp3) is 1.00. The van der Waals surface area contributed by atoms with E-state index in [1.165, 1.54) is 0 Å². The van der Waals surface area contributed by atoms with Crippen LogP contribution in [0.15, 0.2) is 0 Å². The van der Waals surface area contributed by atoms with Gasteiger partial charge in [0.15, 0.2) is 0 Å². The monoisotopic (exact) mass is 206 g/mol. The Bertz CT molecular complexity index is 138. The van der Waals surface area contributed by atoms with Crippen molar-refractivity contribution in [1.29, 1.82) is 0 Å². The van der Waals surface area contributed by atoms with Gasteiger partial charge in [0.25, 0.3) is 0 Å². The number of rotatable bonds is 5. The molecule has 0 radical (unpaired) electrons. The summed E-state index contributed by atoms with van der Waals surface area (Å²) in [5, 5.41) is 0. The van der Waals surface area contributed by atoms with E-state index >= 15 is 0 Å². The summed E-state index contributed by atoms with van der Waals surface area (Å²) in [7, 11) is 0.949. The van der Waals surface area contributed by atoms with Crippen LogP contribution in [0.4, 0.5) is 0 Å². The van der Waals surface area contributed by atoms with Crippen LogP contribution in [0, 0.1) is 0 Å². The molecule has 0 aliphatic heterocycles. The van der Waals surface area contributed by atoms with Gasteiger partial charge in [-0.15, -0.1) is 0 Å². The maximum atomic E-state index is 5.86. The molecule has 0 aliphatic rings. The summed E-state index contributed by atoms with van der Waals surface area (Å²) in [4.78, 5) is 0. The first-order valence-electron chi connectivity index (χ1n) is 4.69. The molecule has 0 heterocycles. The summed E-state index contributed by atoms with van der Waals surface area (Å²) in [5.41, 5.74) is -0.201. The van der Waals surface area contributed by atoms with E-state index in [4.69, 9.17) is 13.3 Å². The summed E-state index contributed by atoms with van der Waals surface area (Å²) in [6, 6.07) is 0.872. The van der Waals surface area contributed by atoms with Crippen LogP contribution in [-0.2, 0) is 13.3 Å². The van der Waals surface area contributed by atoms with E-state index in [0.29, 0.717) is 0 Å². The molecule has 0 saturated heterocycles. The fourth-order valence-corrected chi connectivity index (χ4v) is 3.58. The van der Waals surface area contributed by atoms with Gasteiger partial charge in [0.05, 0.1) is 5.60 Å². The van der Waals surface area contributed by atoms with Crippen molar-refractivity contribution in [3.8, 4) is 0 Å². The first kappa shape index (κ1) is 13.1. The largest absolute Gasteiger partial charge is 0.500 e. The minimum absolute atomic E-state index is 0.201. The van der Waals surface area contributed by atoms with Crippen LogP contribution < -0.4 is 0 Å². The van der Waals surface area contributed by atoms with Crippen molar-refractivity contribution >= 4 is 8.80 Å². The maximum Gasteiger partial charge on any atom is 0.500 e. The molecule has 0 spiro atoms. The minimum atomic E-state index is -2.38. The van der Waals surface area contributed by atoms with Crippen molar-refractivity contribution in [2.75, 3.05) is 14.2 Å². The van der Waals surface area contributed by atoms with Crippen LogP contribution in [0.3, 0.4) is 0 Å². The van der Waals surface area contributed by atoms with Gasteiger partial charge in [-0.25, -0.2) is 0 Å². The van der Waals surface area contributed by atoms with Gasteiger partial charge < -0.3 is 13.3 Å². The van der Waals surface area contributed by atoms with Gasteiger partial charge in [-0.05, 0) is 20.8 Å². The fourth-order valence-electron chi connectivity index (χ4n) is 1.19. The lowest BCUT2D eigenvalue weighted by Crippen LogP contribution is -2.48. The van der Waals surface area contributed by atoms with Crippen LogP contribution in [0.25, 0.3) is 0 Å². The molecule has 0 bridgehead atoms. The average Bonchev–Trinajstić information content (AvgIpc) is 2.01. The third-order valence-electron chi connectivity index (χ3n) is 1.64. The zero-order valence-corrected chi connectivity index (χ0v) is 10.6. The molecular formula is C9H22O3Si. The second kappa shape index (κ2) is 5.10. The van der Waals surface area contributed by atoms with Gasteiger partial charge in [0, 0.05) is 20.3 Å². The van der Waals surface area contributed by atoms with E-state index in [1.807, 2.05) is 20.8 Å². The molecule has 0 amide bonds. The van der Waals surface area contributed by atoms with Gasteiger partial charge in [0.1, 0.15) is 0 Å². The lowest BCUT2D eigenvalue weighted by molar-refractivity contribution is 0.0165. The molecule has 0 aromatic carbocycles. The van der Waals surface area contributed by atoms with E-state index in [0.717, 1.165) is 12.5 Å². The van der Waals surface area contributed by atoms with E-state index in [-0.39, 0.29) is 5.60 Å². The molecule has 0 unspecified atom stereocenters. The standard InChI is InChI=1S/C9H22O3Si/c1-7-8-13(10-5,11-6)12-9(2,3)4/h7-8H2,1-6H3. The molecule has 0 fully saturated rings. The van der Waals surface area contributed by atoms with Gasteiger partial charge >= 0.3 is 8.80 Å².